The molecule has 5 nitrogen and oxygen atoms in total. The van der Waals surface area contributed by atoms with Crippen molar-refractivity contribution in [1.82, 2.24) is 0 Å². The summed E-state index contributed by atoms with van der Waals surface area (Å²) in [6.07, 6.45) is 3.70. The van der Waals surface area contributed by atoms with E-state index in [0.29, 0.717) is 10.1 Å². The summed E-state index contributed by atoms with van der Waals surface area (Å²) in [7, 11) is 0. The Kier molecular flexibility index (Phi) is 7.45. The summed E-state index contributed by atoms with van der Waals surface area (Å²) in [5.41, 5.74) is 4.62. The number of ether oxygens (including phenoxy) is 1. The van der Waals surface area contributed by atoms with E-state index in [2.05, 4.69) is 16.3 Å². The van der Waals surface area contributed by atoms with E-state index < -0.39 is 5.97 Å². The Balaban J connectivity index is 1.27. The van der Waals surface area contributed by atoms with E-state index in [0.717, 1.165) is 24.3 Å². The Morgan fingerprint density at radius 3 is 2.42 bits per heavy atom. The molecule has 2 aliphatic heterocycles. The highest BCUT2D eigenvalue weighted by Gasteiger charge is 2.18. The lowest BCUT2D eigenvalue weighted by atomic mass is 10.1. The van der Waals surface area contributed by atoms with Crippen molar-refractivity contribution < 1.29 is 14.3 Å². The number of anilines is 2. The maximum atomic E-state index is 12.3. The number of aryl methyl sites for hydroxylation is 1. The number of carbonyl (C=O) groups excluding carboxylic acids is 2. The van der Waals surface area contributed by atoms with Gasteiger partial charge in [-0.05, 0) is 79.2 Å². The Bertz CT molecular complexity index is 921. The number of amides is 1. The van der Waals surface area contributed by atoms with E-state index in [9.17, 15) is 9.59 Å². The van der Waals surface area contributed by atoms with Crippen LogP contribution in [0.5, 0.6) is 0 Å². The standard InChI is InChI=1S/C24H28N2O3S2/c1-17-15-20(26-11-2-3-12-26)9-10-21(17)25-22(27)16-29-23(28)18-5-7-19(8-6-18)24-30-13-4-14-31-24/h5-10,15,24H,2-4,11-14,16H2,1H3,(H,25,27). The van der Waals surface area contributed by atoms with Gasteiger partial charge in [-0.25, -0.2) is 4.79 Å². The van der Waals surface area contributed by atoms with Gasteiger partial charge in [-0.2, -0.15) is 0 Å². The fourth-order valence-electron chi connectivity index (χ4n) is 3.82. The third kappa shape index (κ3) is 5.77. The zero-order valence-corrected chi connectivity index (χ0v) is 19.4. The van der Waals surface area contributed by atoms with Crippen molar-refractivity contribution in [2.45, 2.75) is 30.8 Å². The largest absolute Gasteiger partial charge is 0.452 e. The van der Waals surface area contributed by atoms with Crippen LogP contribution in [0.15, 0.2) is 42.5 Å². The Hall–Kier alpha value is -2.12. The summed E-state index contributed by atoms with van der Waals surface area (Å²) < 4.78 is 5.66. The second-order valence-corrected chi connectivity index (χ2v) is 10.6. The van der Waals surface area contributed by atoms with Crippen molar-refractivity contribution in [3.63, 3.8) is 0 Å². The zero-order chi connectivity index (χ0) is 21.6. The van der Waals surface area contributed by atoms with Gasteiger partial charge in [0, 0.05) is 24.5 Å². The SMILES string of the molecule is Cc1cc(N2CCCC2)ccc1NC(=O)COC(=O)c1ccc(C2SCCCS2)cc1. The average molecular weight is 457 g/mol. The number of nitrogens with one attached hydrogen (secondary N) is 1. The lowest BCUT2D eigenvalue weighted by Crippen LogP contribution is -2.22. The van der Waals surface area contributed by atoms with Crippen LogP contribution >= 0.6 is 23.5 Å². The van der Waals surface area contributed by atoms with Crippen LogP contribution in [-0.4, -0.2) is 43.1 Å². The van der Waals surface area contributed by atoms with Crippen molar-refractivity contribution in [2.75, 3.05) is 41.4 Å². The number of hydrogen-bond donors (Lipinski definition) is 1. The summed E-state index contributed by atoms with van der Waals surface area (Å²) in [6.45, 7) is 3.84. The molecule has 2 heterocycles. The highest BCUT2D eigenvalue weighted by molar-refractivity contribution is 8.16. The maximum Gasteiger partial charge on any atom is 0.338 e. The lowest BCUT2D eigenvalue weighted by Gasteiger charge is -2.21. The van der Waals surface area contributed by atoms with Crippen LogP contribution in [0.3, 0.4) is 0 Å². The summed E-state index contributed by atoms with van der Waals surface area (Å²) >= 11 is 3.89. The molecule has 0 radical (unpaired) electrons. The molecule has 7 heteroatoms. The molecule has 2 aromatic rings. The molecule has 0 aliphatic carbocycles. The summed E-state index contributed by atoms with van der Waals surface area (Å²) in [4.78, 5) is 27.0. The van der Waals surface area contributed by atoms with E-state index >= 15 is 0 Å². The van der Waals surface area contributed by atoms with Crippen molar-refractivity contribution in [1.29, 1.82) is 0 Å². The molecule has 2 saturated heterocycles. The molecule has 0 unspecified atom stereocenters. The summed E-state index contributed by atoms with van der Waals surface area (Å²) in [6, 6.07) is 13.6. The Morgan fingerprint density at radius 2 is 1.74 bits per heavy atom. The van der Waals surface area contributed by atoms with Crippen molar-refractivity contribution in [3.05, 3.63) is 59.2 Å². The van der Waals surface area contributed by atoms with E-state index in [-0.39, 0.29) is 12.5 Å². The first-order valence-electron chi connectivity index (χ1n) is 10.8. The molecule has 2 aliphatic rings. The normalized spacial score (nSPS) is 16.9. The van der Waals surface area contributed by atoms with Gasteiger partial charge in [0.05, 0.1) is 10.1 Å². The average Bonchev–Trinajstić information content (AvgIpc) is 3.34. The van der Waals surface area contributed by atoms with E-state index in [1.54, 1.807) is 12.1 Å². The smallest absolute Gasteiger partial charge is 0.338 e. The van der Waals surface area contributed by atoms with Crippen molar-refractivity contribution in [2.24, 2.45) is 0 Å². The lowest BCUT2D eigenvalue weighted by molar-refractivity contribution is -0.119. The van der Waals surface area contributed by atoms with E-state index in [1.165, 1.54) is 42.0 Å². The number of carbonyl (C=O) groups is 2. The van der Waals surface area contributed by atoms with Crippen LogP contribution in [0, 0.1) is 6.92 Å². The maximum absolute atomic E-state index is 12.3. The molecule has 2 fully saturated rings. The fraction of sp³-hybridized carbons (Fsp3) is 0.417. The second kappa shape index (κ2) is 10.5. The van der Waals surface area contributed by atoms with Gasteiger partial charge < -0.3 is 15.0 Å². The van der Waals surface area contributed by atoms with Crippen LogP contribution in [0.25, 0.3) is 0 Å². The molecule has 0 aromatic heterocycles. The molecule has 164 valence electrons. The molecular formula is C24H28N2O3S2. The number of benzene rings is 2. The molecule has 1 N–H and O–H groups in total. The minimum Gasteiger partial charge on any atom is -0.452 e. The third-order valence-corrected chi connectivity index (χ3v) is 8.55. The second-order valence-electron chi connectivity index (χ2n) is 7.87. The minimum absolute atomic E-state index is 0.303. The van der Waals surface area contributed by atoms with Gasteiger partial charge in [0.2, 0.25) is 0 Å². The van der Waals surface area contributed by atoms with Crippen molar-refractivity contribution >= 4 is 46.8 Å². The predicted molar refractivity (Wildman–Crippen MR) is 130 cm³/mol. The predicted octanol–water partition coefficient (Wildman–Crippen LogP) is 5.26. The first-order chi connectivity index (χ1) is 15.1. The van der Waals surface area contributed by atoms with Gasteiger partial charge in [0.25, 0.3) is 5.91 Å². The zero-order valence-electron chi connectivity index (χ0n) is 17.8. The third-order valence-electron chi connectivity index (χ3n) is 5.54. The molecule has 0 atom stereocenters. The van der Waals surface area contributed by atoms with E-state index in [1.807, 2.05) is 54.7 Å². The van der Waals surface area contributed by atoms with E-state index in [4.69, 9.17) is 4.74 Å². The number of nitrogens with zero attached hydrogens (tertiary/aromatic N) is 1. The van der Waals surface area contributed by atoms with Gasteiger partial charge >= 0.3 is 5.97 Å². The topological polar surface area (TPSA) is 58.6 Å². The number of rotatable bonds is 6. The Labute approximate surface area is 192 Å². The molecule has 2 aromatic carbocycles. The minimum atomic E-state index is -0.480. The fourth-order valence-corrected chi connectivity index (χ4v) is 6.71. The first-order valence-corrected chi connectivity index (χ1v) is 12.9. The quantitative estimate of drug-likeness (QED) is 0.599. The number of hydrogen-bond acceptors (Lipinski definition) is 6. The van der Waals surface area contributed by atoms with Gasteiger partial charge in [-0.1, -0.05) is 12.1 Å². The molecule has 1 amide bonds. The van der Waals surface area contributed by atoms with Gasteiger partial charge in [-0.3, -0.25) is 4.79 Å². The highest BCUT2D eigenvalue weighted by atomic mass is 32.2. The molecular weight excluding hydrogens is 428 g/mol. The van der Waals surface area contributed by atoms with Crippen LogP contribution in [0.4, 0.5) is 11.4 Å². The molecule has 0 bridgehead atoms. The van der Waals surface area contributed by atoms with Crippen LogP contribution in [0.2, 0.25) is 0 Å². The van der Waals surface area contributed by atoms with Crippen molar-refractivity contribution in [3.8, 4) is 0 Å². The van der Waals surface area contributed by atoms with Crippen LogP contribution < -0.4 is 10.2 Å². The Morgan fingerprint density at radius 1 is 1.03 bits per heavy atom. The van der Waals surface area contributed by atoms with Crippen LogP contribution in [0.1, 0.15) is 45.3 Å². The molecule has 0 saturated carbocycles. The first kappa shape index (κ1) is 22.1. The van der Waals surface area contributed by atoms with Gasteiger partial charge in [0.15, 0.2) is 6.61 Å². The van der Waals surface area contributed by atoms with Gasteiger partial charge in [-0.15, -0.1) is 23.5 Å². The molecule has 0 spiro atoms. The summed E-state index contributed by atoms with van der Waals surface area (Å²) in [5.74, 6) is 1.54. The van der Waals surface area contributed by atoms with Gasteiger partial charge in [0.1, 0.15) is 0 Å². The summed E-state index contributed by atoms with van der Waals surface area (Å²) in [5, 5.41) is 2.85. The molecule has 4 rings (SSSR count). The highest BCUT2D eigenvalue weighted by Crippen LogP contribution is 2.43. The van der Waals surface area contributed by atoms with Crippen LogP contribution in [-0.2, 0) is 9.53 Å². The number of esters is 1. The number of thioether (sulfide) groups is 2. The monoisotopic (exact) mass is 456 g/mol. The molecule has 31 heavy (non-hydrogen) atoms.